The zero-order valence-corrected chi connectivity index (χ0v) is 12.6. The summed E-state index contributed by atoms with van der Waals surface area (Å²) in [6, 6.07) is 7.79. The van der Waals surface area contributed by atoms with Gasteiger partial charge in [0.25, 0.3) is 0 Å². The summed E-state index contributed by atoms with van der Waals surface area (Å²) in [5.41, 5.74) is 2.87. The Balaban J connectivity index is 1.94. The molecule has 4 rings (SSSR count). The number of carbonyl (C=O) groups is 1. The summed E-state index contributed by atoms with van der Waals surface area (Å²) in [6.45, 7) is 0. The molecule has 2 unspecified atom stereocenters. The van der Waals surface area contributed by atoms with Crippen molar-refractivity contribution in [1.82, 2.24) is 5.16 Å². The van der Waals surface area contributed by atoms with Gasteiger partial charge in [-0.25, -0.2) is 4.79 Å². The number of hydrogen-bond acceptors (Lipinski definition) is 4. The highest BCUT2D eigenvalue weighted by Gasteiger charge is 2.65. The van der Waals surface area contributed by atoms with Crippen molar-refractivity contribution in [2.24, 2.45) is 5.92 Å². The summed E-state index contributed by atoms with van der Waals surface area (Å²) >= 11 is 12.8. The van der Waals surface area contributed by atoms with Crippen molar-refractivity contribution in [3.05, 3.63) is 41.1 Å². The van der Waals surface area contributed by atoms with Crippen molar-refractivity contribution in [2.75, 3.05) is 7.11 Å². The molecule has 1 aromatic heterocycles. The lowest BCUT2D eigenvalue weighted by molar-refractivity contribution is 0.0588. The van der Waals surface area contributed by atoms with Crippen LogP contribution in [-0.2, 0) is 11.2 Å². The van der Waals surface area contributed by atoms with Crippen molar-refractivity contribution in [2.45, 2.75) is 16.7 Å². The van der Waals surface area contributed by atoms with E-state index in [4.69, 9.17) is 32.5 Å². The molecule has 0 bridgehead atoms. The van der Waals surface area contributed by atoms with Gasteiger partial charge < -0.3 is 9.26 Å². The van der Waals surface area contributed by atoms with Crippen LogP contribution >= 0.6 is 23.2 Å². The summed E-state index contributed by atoms with van der Waals surface area (Å²) in [6.07, 6.45) is 0.551. The van der Waals surface area contributed by atoms with Crippen molar-refractivity contribution < 1.29 is 14.1 Å². The van der Waals surface area contributed by atoms with Crippen LogP contribution in [0.25, 0.3) is 11.3 Å². The minimum absolute atomic E-state index is 0.0464. The average molecular weight is 324 g/mol. The third-order valence-corrected chi connectivity index (χ3v) is 5.36. The third-order valence-electron chi connectivity index (χ3n) is 4.33. The fourth-order valence-electron chi connectivity index (χ4n) is 3.23. The molecule has 2 aliphatic carbocycles. The lowest BCUT2D eigenvalue weighted by Crippen LogP contribution is -2.07. The Bertz CT molecular complexity index is 753. The van der Waals surface area contributed by atoms with Crippen molar-refractivity contribution in [3.8, 4) is 11.3 Å². The highest BCUT2D eigenvalue weighted by atomic mass is 35.5. The molecule has 2 atom stereocenters. The number of alkyl halides is 2. The maximum atomic E-state index is 11.8. The van der Waals surface area contributed by atoms with Crippen molar-refractivity contribution in [3.63, 3.8) is 0 Å². The highest BCUT2D eigenvalue weighted by Crippen LogP contribution is 2.68. The van der Waals surface area contributed by atoms with Crippen molar-refractivity contribution >= 4 is 29.2 Å². The Morgan fingerprint density at radius 3 is 2.95 bits per heavy atom. The second-order valence-corrected chi connectivity index (χ2v) is 6.82. The number of halogens is 2. The molecule has 0 saturated heterocycles. The highest BCUT2D eigenvalue weighted by molar-refractivity contribution is 6.52. The van der Waals surface area contributed by atoms with Crippen LogP contribution in [0.15, 0.2) is 28.8 Å². The van der Waals surface area contributed by atoms with E-state index in [-0.39, 0.29) is 17.5 Å². The van der Waals surface area contributed by atoms with E-state index in [0.29, 0.717) is 12.2 Å². The van der Waals surface area contributed by atoms with Gasteiger partial charge in [0.1, 0.15) is 4.33 Å². The first-order valence-corrected chi connectivity index (χ1v) is 7.35. The normalized spacial score (nSPS) is 24.3. The zero-order chi connectivity index (χ0) is 14.8. The van der Waals surface area contributed by atoms with Crippen LogP contribution in [0, 0.1) is 5.92 Å². The summed E-state index contributed by atoms with van der Waals surface area (Å²) in [7, 11) is 1.32. The van der Waals surface area contributed by atoms with E-state index in [1.807, 2.05) is 24.3 Å². The molecule has 0 N–H and O–H groups in total. The number of esters is 1. The molecule has 0 radical (unpaired) electrons. The maximum Gasteiger partial charge on any atom is 0.360 e. The number of rotatable bonds is 1. The van der Waals surface area contributed by atoms with E-state index >= 15 is 0 Å². The van der Waals surface area contributed by atoms with Gasteiger partial charge >= 0.3 is 5.97 Å². The number of fused-ring (bicyclic) bond motifs is 5. The average Bonchev–Trinajstić information content (AvgIpc) is 2.84. The molecule has 108 valence electrons. The van der Waals surface area contributed by atoms with Crippen LogP contribution in [0.2, 0.25) is 0 Å². The number of nitrogens with zero attached hydrogens (tertiary/aromatic N) is 1. The van der Waals surface area contributed by atoms with Crippen LogP contribution in [0.3, 0.4) is 0 Å². The molecule has 1 heterocycles. The summed E-state index contributed by atoms with van der Waals surface area (Å²) in [5, 5.41) is 3.87. The Kier molecular flexibility index (Phi) is 2.66. The van der Waals surface area contributed by atoms with E-state index in [9.17, 15) is 4.79 Å². The monoisotopic (exact) mass is 323 g/mol. The lowest BCUT2D eigenvalue weighted by Gasteiger charge is -2.07. The molecule has 0 spiro atoms. The molecule has 1 aromatic carbocycles. The molecule has 4 nitrogen and oxygen atoms in total. The Labute approximate surface area is 131 Å². The van der Waals surface area contributed by atoms with E-state index in [1.165, 1.54) is 7.11 Å². The van der Waals surface area contributed by atoms with Crippen molar-refractivity contribution in [1.29, 1.82) is 0 Å². The predicted octanol–water partition coefficient (Wildman–Crippen LogP) is 3.57. The lowest BCUT2D eigenvalue weighted by atomic mass is 10.00. The van der Waals surface area contributed by atoms with Gasteiger partial charge in [0.05, 0.1) is 7.11 Å². The first-order chi connectivity index (χ1) is 10.1. The second kappa shape index (κ2) is 4.24. The predicted molar refractivity (Wildman–Crippen MR) is 77.7 cm³/mol. The SMILES string of the molecule is COC(=O)c1noc2c1CC1C(c3ccccc3-2)C1(Cl)Cl. The summed E-state index contributed by atoms with van der Waals surface area (Å²) < 4.78 is 9.37. The number of benzene rings is 1. The summed E-state index contributed by atoms with van der Waals surface area (Å²) in [5.74, 6) is 0.199. The number of aromatic nitrogens is 1. The number of carbonyl (C=O) groups excluding carboxylic acids is 1. The van der Waals surface area contributed by atoms with Gasteiger partial charge in [0.15, 0.2) is 11.5 Å². The quantitative estimate of drug-likeness (QED) is 0.594. The van der Waals surface area contributed by atoms with E-state index in [0.717, 1.165) is 16.7 Å². The van der Waals surface area contributed by atoms with Gasteiger partial charge in [0.2, 0.25) is 0 Å². The van der Waals surface area contributed by atoms with Gasteiger partial charge in [-0.15, -0.1) is 23.2 Å². The van der Waals surface area contributed by atoms with Gasteiger partial charge in [-0.3, -0.25) is 0 Å². The van der Waals surface area contributed by atoms with Crippen LogP contribution in [0.4, 0.5) is 0 Å². The number of methoxy groups -OCH3 is 1. The largest absolute Gasteiger partial charge is 0.464 e. The minimum atomic E-state index is -0.807. The first-order valence-electron chi connectivity index (χ1n) is 6.59. The fraction of sp³-hybridized carbons (Fsp3) is 0.333. The Hall–Kier alpha value is -1.52. The van der Waals surface area contributed by atoms with Crippen LogP contribution in [0.5, 0.6) is 0 Å². The van der Waals surface area contributed by atoms with Crippen LogP contribution in [-0.4, -0.2) is 22.6 Å². The molecule has 6 heteroatoms. The van der Waals surface area contributed by atoms with E-state index < -0.39 is 10.3 Å². The maximum absolute atomic E-state index is 11.8. The van der Waals surface area contributed by atoms with Crippen LogP contribution in [0.1, 0.15) is 27.5 Å². The zero-order valence-electron chi connectivity index (χ0n) is 11.1. The molecule has 1 saturated carbocycles. The third kappa shape index (κ3) is 1.69. The van der Waals surface area contributed by atoms with E-state index in [1.54, 1.807) is 0 Å². The molecular formula is C15H11Cl2NO3. The smallest absolute Gasteiger partial charge is 0.360 e. The van der Waals surface area contributed by atoms with Gasteiger partial charge in [-0.2, -0.15) is 0 Å². The molecule has 2 aliphatic rings. The molecule has 0 aliphatic heterocycles. The summed E-state index contributed by atoms with van der Waals surface area (Å²) in [4.78, 5) is 11.8. The molecule has 0 amide bonds. The van der Waals surface area contributed by atoms with Gasteiger partial charge in [-0.05, 0) is 12.0 Å². The van der Waals surface area contributed by atoms with Crippen LogP contribution < -0.4 is 0 Å². The number of hydrogen-bond donors (Lipinski definition) is 0. The van der Waals surface area contributed by atoms with Gasteiger partial charge in [0, 0.05) is 23.0 Å². The molecule has 21 heavy (non-hydrogen) atoms. The topological polar surface area (TPSA) is 52.3 Å². The molecule has 1 fully saturated rings. The fourth-order valence-corrected chi connectivity index (χ4v) is 4.05. The van der Waals surface area contributed by atoms with E-state index in [2.05, 4.69) is 5.16 Å². The molecule has 2 aromatic rings. The minimum Gasteiger partial charge on any atom is -0.464 e. The standard InChI is InChI=1S/C15H11Cl2NO3/c1-20-14(19)12-9-6-10-11(15(10,16)17)7-4-2-3-5-8(7)13(9)21-18-12/h2-5,10-11H,6H2,1H3. The van der Waals surface area contributed by atoms with Gasteiger partial charge in [-0.1, -0.05) is 29.4 Å². The first kappa shape index (κ1) is 13.2. The number of ether oxygens (including phenoxy) is 1. The second-order valence-electron chi connectivity index (χ2n) is 5.38. The Morgan fingerprint density at radius 2 is 2.19 bits per heavy atom. The molecular weight excluding hydrogens is 313 g/mol. The Morgan fingerprint density at radius 1 is 1.43 bits per heavy atom.